The van der Waals surface area contributed by atoms with Gasteiger partial charge in [-0.15, -0.1) is 0 Å². The summed E-state index contributed by atoms with van der Waals surface area (Å²) in [5, 5.41) is 9.51. The average molecular weight is 423 g/mol. The smallest absolute Gasteiger partial charge is 0.349 e. The molecular weight excluding hydrogens is 392 g/mol. The fourth-order valence-corrected chi connectivity index (χ4v) is 3.52. The molecule has 164 valence electrons. The molecule has 6 nitrogen and oxygen atoms in total. The van der Waals surface area contributed by atoms with Crippen molar-refractivity contribution in [3.05, 3.63) is 63.0 Å². The van der Waals surface area contributed by atoms with Crippen molar-refractivity contribution in [2.24, 2.45) is 0 Å². The standard InChI is InChI=1S/C25H30N2O4/c1-15-10-17(3)23(11-16(15)2)24(28)20(6)31-25(29)22(14-26)13-21-12-18(4)27(19(21)5)8-9-30-7/h10-13,20H,8-9H2,1-7H3/b22-13+/t20-/m0/s1. The third kappa shape index (κ3) is 5.50. The SMILES string of the molecule is COCCn1c(C)cc(/C=C(\C#N)C(=O)O[C@@H](C)C(=O)c2cc(C)c(C)cc2C)c1C. The summed E-state index contributed by atoms with van der Waals surface area (Å²) in [5.41, 5.74) is 5.97. The van der Waals surface area contributed by atoms with E-state index in [2.05, 4.69) is 4.57 Å². The Labute approximate surface area is 184 Å². The molecule has 2 rings (SSSR count). The van der Waals surface area contributed by atoms with Gasteiger partial charge in [-0.25, -0.2) is 4.79 Å². The fraction of sp³-hybridized carbons (Fsp3) is 0.400. The number of esters is 1. The van der Waals surface area contributed by atoms with Crippen molar-refractivity contribution in [2.45, 2.75) is 54.2 Å². The maximum atomic E-state index is 12.8. The van der Waals surface area contributed by atoms with E-state index in [0.29, 0.717) is 18.7 Å². The minimum Gasteiger partial charge on any atom is -0.450 e. The van der Waals surface area contributed by atoms with Gasteiger partial charge in [0.05, 0.1) is 6.61 Å². The molecule has 0 aliphatic heterocycles. The van der Waals surface area contributed by atoms with Crippen molar-refractivity contribution in [3.63, 3.8) is 0 Å². The van der Waals surface area contributed by atoms with Crippen molar-refractivity contribution in [1.29, 1.82) is 5.26 Å². The number of rotatable bonds is 8. The highest BCUT2D eigenvalue weighted by atomic mass is 16.5. The van der Waals surface area contributed by atoms with Crippen LogP contribution in [0.25, 0.3) is 6.08 Å². The molecule has 0 unspecified atom stereocenters. The second-order valence-corrected chi connectivity index (χ2v) is 7.80. The van der Waals surface area contributed by atoms with E-state index < -0.39 is 12.1 Å². The molecule has 1 heterocycles. The summed E-state index contributed by atoms with van der Waals surface area (Å²) < 4.78 is 12.5. The average Bonchev–Trinajstić information content (AvgIpc) is 2.99. The third-order valence-corrected chi connectivity index (χ3v) is 5.53. The molecule has 0 saturated carbocycles. The number of aryl methyl sites for hydroxylation is 4. The Morgan fingerprint density at radius 2 is 1.74 bits per heavy atom. The lowest BCUT2D eigenvalue weighted by molar-refractivity contribution is -0.141. The molecule has 0 fully saturated rings. The van der Waals surface area contributed by atoms with Gasteiger partial charge in [-0.2, -0.15) is 5.26 Å². The van der Waals surface area contributed by atoms with Crippen LogP contribution < -0.4 is 0 Å². The monoisotopic (exact) mass is 422 g/mol. The zero-order valence-corrected chi connectivity index (χ0v) is 19.3. The molecular formula is C25H30N2O4. The summed E-state index contributed by atoms with van der Waals surface area (Å²) in [6.45, 7) is 12.4. The molecule has 1 aromatic carbocycles. The molecule has 0 aliphatic rings. The largest absolute Gasteiger partial charge is 0.450 e. The normalized spacial score (nSPS) is 12.4. The molecule has 0 saturated heterocycles. The van der Waals surface area contributed by atoms with Gasteiger partial charge in [0.15, 0.2) is 6.10 Å². The highest BCUT2D eigenvalue weighted by Crippen LogP contribution is 2.21. The maximum absolute atomic E-state index is 12.8. The minimum absolute atomic E-state index is 0.150. The number of methoxy groups -OCH3 is 1. The Bertz CT molecular complexity index is 1070. The van der Waals surface area contributed by atoms with Gasteiger partial charge in [0, 0.05) is 30.6 Å². The van der Waals surface area contributed by atoms with Crippen LogP contribution in [0.2, 0.25) is 0 Å². The quantitative estimate of drug-likeness (QED) is 0.273. The second kappa shape index (κ2) is 10.2. The molecule has 31 heavy (non-hydrogen) atoms. The first-order valence-corrected chi connectivity index (χ1v) is 10.2. The van der Waals surface area contributed by atoms with Gasteiger partial charge in [0.1, 0.15) is 11.6 Å². The number of Topliss-reactive ketones (excluding diaryl/α,β-unsaturated/α-hetero) is 1. The predicted molar refractivity (Wildman–Crippen MR) is 120 cm³/mol. The van der Waals surface area contributed by atoms with E-state index in [1.54, 1.807) is 7.11 Å². The zero-order valence-electron chi connectivity index (χ0n) is 19.3. The lowest BCUT2D eigenvalue weighted by atomic mass is 9.96. The van der Waals surface area contributed by atoms with E-state index in [-0.39, 0.29) is 11.4 Å². The summed E-state index contributed by atoms with van der Waals surface area (Å²) in [6.07, 6.45) is 0.506. The number of carbonyl (C=O) groups excluding carboxylic acids is 2. The first-order valence-electron chi connectivity index (χ1n) is 10.2. The van der Waals surface area contributed by atoms with Crippen LogP contribution >= 0.6 is 0 Å². The van der Waals surface area contributed by atoms with Crippen LogP contribution in [0.1, 0.15) is 50.9 Å². The van der Waals surface area contributed by atoms with Crippen molar-refractivity contribution < 1.29 is 19.1 Å². The number of benzene rings is 1. The molecule has 1 aromatic heterocycles. The van der Waals surface area contributed by atoms with Gasteiger partial charge in [-0.05, 0) is 82.0 Å². The number of aromatic nitrogens is 1. The van der Waals surface area contributed by atoms with Crippen molar-refractivity contribution >= 4 is 17.8 Å². The van der Waals surface area contributed by atoms with Gasteiger partial charge in [-0.3, -0.25) is 4.79 Å². The first-order chi connectivity index (χ1) is 14.6. The van der Waals surface area contributed by atoms with E-state index in [9.17, 15) is 14.9 Å². The lowest BCUT2D eigenvalue weighted by Crippen LogP contribution is -2.25. The molecule has 6 heteroatoms. The van der Waals surface area contributed by atoms with Gasteiger partial charge < -0.3 is 14.0 Å². The molecule has 0 bridgehead atoms. The fourth-order valence-electron chi connectivity index (χ4n) is 3.52. The summed E-state index contributed by atoms with van der Waals surface area (Å²) in [5.74, 6) is -1.10. The number of nitriles is 1. The van der Waals surface area contributed by atoms with Crippen LogP contribution in [-0.2, 0) is 20.8 Å². The van der Waals surface area contributed by atoms with Crippen LogP contribution in [0.3, 0.4) is 0 Å². The summed E-state index contributed by atoms with van der Waals surface area (Å²) in [7, 11) is 1.64. The summed E-state index contributed by atoms with van der Waals surface area (Å²) in [4.78, 5) is 25.5. The van der Waals surface area contributed by atoms with Crippen molar-refractivity contribution in [2.75, 3.05) is 13.7 Å². The van der Waals surface area contributed by atoms with Crippen LogP contribution in [0.4, 0.5) is 0 Å². The summed E-state index contributed by atoms with van der Waals surface area (Å²) >= 11 is 0. The van der Waals surface area contributed by atoms with E-state index in [1.165, 1.54) is 13.0 Å². The maximum Gasteiger partial charge on any atom is 0.349 e. The zero-order chi connectivity index (χ0) is 23.3. The van der Waals surface area contributed by atoms with E-state index in [1.807, 2.05) is 58.9 Å². The Balaban J connectivity index is 2.23. The third-order valence-electron chi connectivity index (χ3n) is 5.53. The predicted octanol–water partition coefficient (Wildman–Crippen LogP) is 4.40. The van der Waals surface area contributed by atoms with Gasteiger partial charge >= 0.3 is 5.97 Å². The highest BCUT2D eigenvalue weighted by molar-refractivity contribution is 6.04. The van der Waals surface area contributed by atoms with Crippen molar-refractivity contribution in [1.82, 2.24) is 4.57 Å². The molecule has 1 atom stereocenters. The van der Waals surface area contributed by atoms with E-state index >= 15 is 0 Å². The number of ether oxygens (including phenoxy) is 2. The van der Waals surface area contributed by atoms with Gasteiger partial charge in [-0.1, -0.05) is 6.07 Å². The Morgan fingerprint density at radius 1 is 1.10 bits per heavy atom. The number of ketones is 1. The van der Waals surface area contributed by atoms with E-state index in [4.69, 9.17) is 9.47 Å². The summed E-state index contributed by atoms with van der Waals surface area (Å²) in [6, 6.07) is 7.56. The second-order valence-electron chi connectivity index (χ2n) is 7.80. The first kappa shape index (κ1) is 24.1. The van der Waals surface area contributed by atoms with Crippen LogP contribution in [0.5, 0.6) is 0 Å². The molecule has 0 aliphatic carbocycles. The van der Waals surface area contributed by atoms with Crippen LogP contribution in [0.15, 0.2) is 23.8 Å². The van der Waals surface area contributed by atoms with E-state index in [0.717, 1.165) is 33.6 Å². The lowest BCUT2D eigenvalue weighted by Gasteiger charge is -2.15. The Morgan fingerprint density at radius 3 is 2.35 bits per heavy atom. The van der Waals surface area contributed by atoms with Crippen LogP contribution in [-0.4, -0.2) is 36.1 Å². The minimum atomic E-state index is -1.00. The van der Waals surface area contributed by atoms with Crippen LogP contribution in [0, 0.1) is 45.9 Å². The topological polar surface area (TPSA) is 81.3 Å². The highest BCUT2D eigenvalue weighted by Gasteiger charge is 2.24. The molecule has 0 amide bonds. The number of nitrogens with zero attached hydrogens (tertiary/aromatic N) is 2. The number of hydrogen-bond donors (Lipinski definition) is 0. The number of carbonyl (C=O) groups is 2. The molecule has 2 aromatic rings. The van der Waals surface area contributed by atoms with Gasteiger partial charge in [0.2, 0.25) is 5.78 Å². The molecule has 0 N–H and O–H groups in total. The Kier molecular flexibility index (Phi) is 7.95. The number of hydrogen-bond acceptors (Lipinski definition) is 5. The molecule has 0 spiro atoms. The van der Waals surface area contributed by atoms with Gasteiger partial charge in [0.25, 0.3) is 0 Å². The Hall–Kier alpha value is -3.17. The molecule has 0 radical (unpaired) electrons. The van der Waals surface area contributed by atoms with Crippen molar-refractivity contribution in [3.8, 4) is 6.07 Å².